The Labute approximate surface area is 407 Å². The van der Waals surface area contributed by atoms with Crippen molar-refractivity contribution in [3.8, 4) is 33.4 Å². The van der Waals surface area contributed by atoms with Crippen LogP contribution in [0.3, 0.4) is 0 Å². The summed E-state index contributed by atoms with van der Waals surface area (Å²) in [6.07, 6.45) is 0. The smallest absolute Gasteiger partial charge is 0.252 e. The molecule has 3 heteroatoms. The number of nitrogens with zero attached hydrogens (tertiary/aromatic N) is 2. The molecule has 2 aliphatic rings. The van der Waals surface area contributed by atoms with E-state index in [1.54, 1.807) is 0 Å². The van der Waals surface area contributed by atoms with E-state index in [0.29, 0.717) is 0 Å². The molecular weight excluding hydrogens is 820 g/mol. The van der Waals surface area contributed by atoms with Crippen LogP contribution >= 0.6 is 0 Å². The van der Waals surface area contributed by atoms with Crippen molar-refractivity contribution in [2.24, 2.45) is 0 Å². The van der Waals surface area contributed by atoms with E-state index in [0.717, 1.165) is 0 Å². The van der Waals surface area contributed by atoms with E-state index in [-0.39, 0.29) is 17.5 Å². The van der Waals surface area contributed by atoms with Crippen LogP contribution in [-0.2, 0) is 10.8 Å². The number of hydrogen-bond donors (Lipinski definition) is 0. The molecule has 0 saturated carbocycles. The van der Waals surface area contributed by atoms with Gasteiger partial charge in [0.05, 0.1) is 11.4 Å². The van der Waals surface area contributed by atoms with Gasteiger partial charge in [-0.25, -0.2) is 0 Å². The third-order valence-corrected chi connectivity index (χ3v) is 14.8. The minimum absolute atomic E-state index is 0.0724. The third-order valence-electron chi connectivity index (χ3n) is 14.8. The van der Waals surface area contributed by atoms with E-state index < -0.39 is 0 Å². The summed E-state index contributed by atoms with van der Waals surface area (Å²) in [5.74, 6) is 0. The number of anilines is 6. The molecule has 0 N–H and O–H groups in total. The van der Waals surface area contributed by atoms with E-state index >= 15 is 0 Å². The highest BCUT2D eigenvalue weighted by molar-refractivity contribution is 7.00. The summed E-state index contributed by atoms with van der Waals surface area (Å²) in [5, 5.41) is 0. The normalized spacial score (nSPS) is 13.1. The second-order valence-electron chi connectivity index (χ2n) is 22.4. The van der Waals surface area contributed by atoms with Crippen LogP contribution in [0.1, 0.15) is 103 Å². The monoisotopic (exact) mass is 887 g/mol. The first-order chi connectivity index (χ1) is 32.2. The van der Waals surface area contributed by atoms with Crippen LogP contribution in [0.5, 0.6) is 0 Å². The maximum atomic E-state index is 2.68. The second kappa shape index (κ2) is 16.3. The fraction of sp³-hybridized carbons (Fsp3) is 0.262. The Bertz CT molecular complexity index is 3080. The maximum absolute atomic E-state index is 2.68. The molecule has 10 rings (SSSR count). The highest BCUT2D eigenvalue weighted by Gasteiger charge is 2.46. The molecule has 0 atom stereocenters. The second-order valence-corrected chi connectivity index (χ2v) is 22.4. The highest BCUT2D eigenvalue weighted by Crippen LogP contribution is 2.52. The highest BCUT2D eigenvalue weighted by atomic mass is 15.2. The summed E-state index contributed by atoms with van der Waals surface area (Å²) in [6.45, 7) is 34.7. The van der Waals surface area contributed by atoms with Crippen LogP contribution in [0.25, 0.3) is 33.4 Å². The van der Waals surface area contributed by atoms with E-state index in [2.05, 4.69) is 247 Å². The lowest BCUT2D eigenvalue weighted by Gasteiger charge is -2.47. The fourth-order valence-electron chi connectivity index (χ4n) is 12.4. The van der Waals surface area contributed by atoms with Gasteiger partial charge in [-0.3, -0.25) is 0 Å². The number of rotatable bonds is 5. The molecule has 2 heterocycles. The SMILES string of the molecule is Cc1cc(C)c(-c2cc3c4c(c2)N(c2c(C)cc(C)cc2C)c2cc(C(C)(C)C)c(-c5ccccc5)cc2B4c2cc(-c4ccccc4)c(C(C)(C)C)cc2N3c2c(C)cc(C)cc2C)c(C)c1. The van der Waals surface area contributed by atoms with Gasteiger partial charge in [-0.1, -0.05) is 167 Å². The summed E-state index contributed by atoms with van der Waals surface area (Å²) >= 11 is 0. The molecule has 2 nitrogen and oxygen atoms in total. The summed E-state index contributed by atoms with van der Waals surface area (Å²) in [6, 6.07) is 51.9. The number of aryl methyl sites for hydroxylation is 9. The van der Waals surface area contributed by atoms with Crippen molar-refractivity contribution in [1.29, 1.82) is 0 Å². The van der Waals surface area contributed by atoms with Gasteiger partial charge in [-0.2, -0.15) is 0 Å². The number of fused-ring (bicyclic) bond motifs is 4. The van der Waals surface area contributed by atoms with Gasteiger partial charge in [0.2, 0.25) is 0 Å². The average molecular weight is 887 g/mol. The Morgan fingerprint density at radius 2 is 0.691 bits per heavy atom. The molecule has 0 amide bonds. The van der Waals surface area contributed by atoms with E-state index in [9.17, 15) is 0 Å². The van der Waals surface area contributed by atoms with Crippen molar-refractivity contribution in [3.05, 3.63) is 195 Å². The van der Waals surface area contributed by atoms with Gasteiger partial charge in [-0.05, 0) is 192 Å². The zero-order valence-corrected chi connectivity index (χ0v) is 43.2. The molecule has 0 bridgehead atoms. The predicted octanol–water partition coefficient (Wildman–Crippen LogP) is 16.1. The van der Waals surface area contributed by atoms with Crippen LogP contribution in [0.15, 0.2) is 133 Å². The fourth-order valence-corrected chi connectivity index (χ4v) is 12.4. The van der Waals surface area contributed by atoms with Gasteiger partial charge in [0.25, 0.3) is 6.71 Å². The van der Waals surface area contributed by atoms with Gasteiger partial charge >= 0.3 is 0 Å². The zero-order chi connectivity index (χ0) is 48.3. The lowest BCUT2D eigenvalue weighted by molar-refractivity contribution is 0.592. The Morgan fingerprint density at radius 1 is 0.353 bits per heavy atom. The molecule has 0 fully saturated rings. The molecule has 0 aliphatic carbocycles. The van der Waals surface area contributed by atoms with Crippen molar-refractivity contribution in [2.75, 3.05) is 9.80 Å². The maximum Gasteiger partial charge on any atom is 0.252 e. The molecule has 0 unspecified atom stereocenters. The van der Waals surface area contributed by atoms with Crippen LogP contribution in [-0.4, -0.2) is 6.71 Å². The Morgan fingerprint density at radius 3 is 1.03 bits per heavy atom. The van der Waals surface area contributed by atoms with Gasteiger partial charge < -0.3 is 9.80 Å². The minimum Gasteiger partial charge on any atom is -0.311 e. The largest absolute Gasteiger partial charge is 0.311 e. The average Bonchev–Trinajstić information content (AvgIpc) is 3.26. The van der Waals surface area contributed by atoms with Crippen molar-refractivity contribution in [2.45, 2.75) is 115 Å². The predicted molar refractivity (Wildman–Crippen MR) is 297 cm³/mol. The Balaban J connectivity index is 1.46. The van der Waals surface area contributed by atoms with Crippen LogP contribution < -0.4 is 26.2 Å². The van der Waals surface area contributed by atoms with Crippen molar-refractivity contribution < 1.29 is 0 Å². The van der Waals surface area contributed by atoms with Crippen LogP contribution in [0.2, 0.25) is 0 Å². The summed E-state index contributed by atoms with van der Waals surface area (Å²) in [4.78, 5) is 5.36. The number of benzene rings is 8. The first-order valence-electron chi connectivity index (χ1n) is 24.7. The van der Waals surface area contributed by atoms with Crippen molar-refractivity contribution in [3.63, 3.8) is 0 Å². The molecule has 340 valence electrons. The third kappa shape index (κ3) is 7.41. The first-order valence-corrected chi connectivity index (χ1v) is 24.7. The van der Waals surface area contributed by atoms with E-state index in [1.807, 2.05) is 0 Å². The van der Waals surface area contributed by atoms with Gasteiger partial charge in [0, 0.05) is 22.7 Å². The summed E-state index contributed by atoms with van der Waals surface area (Å²) in [7, 11) is 0. The molecule has 0 saturated heterocycles. The van der Waals surface area contributed by atoms with E-state index in [4.69, 9.17) is 0 Å². The van der Waals surface area contributed by atoms with Crippen molar-refractivity contribution >= 4 is 57.2 Å². The summed E-state index contributed by atoms with van der Waals surface area (Å²) < 4.78 is 0. The lowest BCUT2D eigenvalue weighted by atomic mass is 9.33. The molecule has 0 aromatic heterocycles. The minimum atomic E-state index is -0.142. The molecule has 0 radical (unpaired) electrons. The Hall–Kier alpha value is -6.58. The standard InChI is InChI=1S/C65H67BN2/c1-38-26-41(4)60(42(5)27-38)49-32-58-61-59(33-49)68(63-45(8)30-40(3)31-46(63)9)57-37-53(65(13,14)15)51(48-24-20-17-21-25-48)35-55(57)66(61)54-34-50(47-22-18-16-19-23-47)52(64(10,11)12)36-56(54)67(58)62-43(6)28-39(2)29-44(62)7/h16-37H,1-15H3. The Kier molecular flexibility index (Phi) is 10.8. The van der Waals surface area contributed by atoms with Gasteiger partial charge in [0.1, 0.15) is 0 Å². The quantitative estimate of drug-likeness (QED) is 0.159. The summed E-state index contributed by atoms with van der Waals surface area (Å²) in [5.41, 5.74) is 33.1. The first kappa shape index (κ1) is 45.2. The zero-order valence-electron chi connectivity index (χ0n) is 43.2. The van der Waals surface area contributed by atoms with E-state index in [1.165, 1.54) is 145 Å². The lowest BCUT2D eigenvalue weighted by Crippen LogP contribution is -2.61. The number of hydrogen-bond acceptors (Lipinski definition) is 2. The van der Waals surface area contributed by atoms with Crippen LogP contribution in [0.4, 0.5) is 34.1 Å². The van der Waals surface area contributed by atoms with Crippen molar-refractivity contribution in [1.82, 2.24) is 0 Å². The molecule has 0 spiro atoms. The molecule has 68 heavy (non-hydrogen) atoms. The molecule has 2 aliphatic heterocycles. The van der Waals surface area contributed by atoms with Gasteiger partial charge in [-0.15, -0.1) is 0 Å². The van der Waals surface area contributed by atoms with Crippen LogP contribution in [0, 0.1) is 62.3 Å². The topological polar surface area (TPSA) is 6.48 Å². The van der Waals surface area contributed by atoms with Gasteiger partial charge in [0.15, 0.2) is 0 Å². The molecular formula is C65H67BN2. The molecule has 8 aromatic carbocycles. The molecule has 8 aromatic rings.